The van der Waals surface area contributed by atoms with Crippen LogP contribution < -0.4 is 10.2 Å². The number of anilines is 1. The number of nitrogens with one attached hydrogen (secondary N) is 1. The lowest BCUT2D eigenvalue weighted by Crippen LogP contribution is -2.35. The molecular formula is C16H28N2. The van der Waals surface area contributed by atoms with Crippen molar-refractivity contribution in [1.29, 1.82) is 0 Å². The van der Waals surface area contributed by atoms with Crippen molar-refractivity contribution in [2.75, 3.05) is 25.0 Å². The topological polar surface area (TPSA) is 15.3 Å². The second-order valence-corrected chi connectivity index (χ2v) is 4.91. The van der Waals surface area contributed by atoms with Gasteiger partial charge in [-0.05, 0) is 37.0 Å². The molecule has 0 aliphatic rings. The van der Waals surface area contributed by atoms with Gasteiger partial charge in [-0.25, -0.2) is 0 Å². The second-order valence-electron chi connectivity index (χ2n) is 4.91. The fraction of sp³-hybridized carbons (Fsp3) is 0.625. The maximum atomic E-state index is 3.60. The molecule has 2 nitrogen and oxygen atoms in total. The summed E-state index contributed by atoms with van der Waals surface area (Å²) in [6.45, 7) is 8.79. The molecule has 0 bridgehead atoms. The number of likely N-dealkylation sites (N-methyl/N-ethyl adjacent to an activating group) is 1. The predicted molar refractivity (Wildman–Crippen MR) is 81.5 cm³/mol. The Balaban J connectivity index is 2.37. The summed E-state index contributed by atoms with van der Waals surface area (Å²) in [6.07, 6.45) is 3.54. The number of aryl methyl sites for hydroxylation is 1. The summed E-state index contributed by atoms with van der Waals surface area (Å²) in [6, 6.07) is 9.55. The summed E-state index contributed by atoms with van der Waals surface area (Å²) in [5.41, 5.74) is 2.71. The van der Waals surface area contributed by atoms with Crippen LogP contribution in [-0.4, -0.2) is 26.2 Å². The average molecular weight is 248 g/mol. The first-order chi connectivity index (χ1) is 8.71. The van der Waals surface area contributed by atoms with Crippen LogP contribution in [0.4, 0.5) is 5.69 Å². The van der Waals surface area contributed by atoms with E-state index < -0.39 is 0 Å². The first-order valence-electron chi connectivity index (χ1n) is 7.24. The van der Waals surface area contributed by atoms with E-state index >= 15 is 0 Å². The fourth-order valence-corrected chi connectivity index (χ4v) is 2.13. The Morgan fingerprint density at radius 2 is 1.67 bits per heavy atom. The van der Waals surface area contributed by atoms with Gasteiger partial charge in [0.1, 0.15) is 0 Å². The molecule has 0 amide bonds. The largest absolute Gasteiger partial charge is 0.373 e. The van der Waals surface area contributed by atoms with Crippen LogP contribution in [0.2, 0.25) is 0 Å². The van der Waals surface area contributed by atoms with E-state index in [0.717, 1.165) is 19.5 Å². The number of benzene rings is 1. The molecule has 0 unspecified atom stereocenters. The summed E-state index contributed by atoms with van der Waals surface area (Å²) < 4.78 is 0. The molecule has 102 valence electrons. The third-order valence-electron chi connectivity index (χ3n) is 3.65. The lowest BCUT2D eigenvalue weighted by atomic mass is 10.1. The Bertz CT molecular complexity index is 314. The van der Waals surface area contributed by atoms with E-state index in [4.69, 9.17) is 0 Å². The summed E-state index contributed by atoms with van der Waals surface area (Å²) >= 11 is 0. The van der Waals surface area contributed by atoms with Gasteiger partial charge in [-0.2, -0.15) is 0 Å². The lowest BCUT2D eigenvalue weighted by molar-refractivity contribution is 0.489. The molecule has 0 aliphatic heterocycles. The van der Waals surface area contributed by atoms with Gasteiger partial charge in [0.2, 0.25) is 0 Å². The highest BCUT2D eigenvalue weighted by Gasteiger charge is 2.04. The number of rotatable bonds is 8. The quantitative estimate of drug-likeness (QED) is 0.758. The van der Waals surface area contributed by atoms with Gasteiger partial charge in [0.25, 0.3) is 0 Å². The highest BCUT2D eigenvalue weighted by atomic mass is 15.1. The van der Waals surface area contributed by atoms with Gasteiger partial charge in [-0.1, -0.05) is 32.9 Å². The van der Waals surface area contributed by atoms with Crippen molar-refractivity contribution in [1.82, 2.24) is 5.32 Å². The predicted octanol–water partition coefficient (Wildman–Crippen LogP) is 3.46. The third-order valence-corrected chi connectivity index (χ3v) is 3.65. The van der Waals surface area contributed by atoms with Crippen molar-refractivity contribution in [2.24, 2.45) is 0 Å². The first-order valence-corrected chi connectivity index (χ1v) is 7.24. The third kappa shape index (κ3) is 4.69. The van der Waals surface area contributed by atoms with E-state index in [2.05, 4.69) is 62.3 Å². The van der Waals surface area contributed by atoms with E-state index in [9.17, 15) is 0 Å². The maximum absolute atomic E-state index is 3.60. The van der Waals surface area contributed by atoms with Crippen LogP contribution >= 0.6 is 0 Å². The zero-order chi connectivity index (χ0) is 13.4. The molecule has 1 aromatic carbocycles. The molecule has 0 aliphatic carbocycles. The lowest BCUT2D eigenvalue weighted by Gasteiger charge is -2.22. The van der Waals surface area contributed by atoms with Crippen molar-refractivity contribution in [3.63, 3.8) is 0 Å². The van der Waals surface area contributed by atoms with Crippen LogP contribution in [0.15, 0.2) is 24.3 Å². The molecule has 0 atom stereocenters. The summed E-state index contributed by atoms with van der Waals surface area (Å²) in [7, 11) is 2.16. The molecule has 1 N–H and O–H groups in total. The normalized spacial score (nSPS) is 10.9. The van der Waals surface area contributed by atoms with E-state index in [-0.39, 0.29) is 0 Å². The minimum Gasteiger partial charge on any atom is -0.373 e. The second kappa shape index (κ2) is 8.15. The highest BCUT2D eigenvalue weighted by molar-refractivity contribution is 5.46. The Morgan fingerprint density at radius 3 is 2.17 bits per heavy atom. The molecule has 0 spiro atoms. The maximum Gasteiger partial charge on any atom is 0.0364 e. The number of nitrogens with zero attached hydrogens (tertiary/aromatic N) is 1. The smallest absolute Gasteiger partial charge is 0.0364 e. The van der Waals surface area contributed by atoms with Crippen LogP contribution in [0.3, 0.4) is 0 Å². The zero-order valence-corrected chi connectivity index (χ0v) is 12.4. The standard InChI is InChI=1S/C16H28N2/c1-5-14-8-10-16(11-9-14)18(4)13-12-17-15(6-2)7-3/h8-11,15,17H,5-7,12-13H2,1-4H3. The number of hydrogen-bond acceptors (Lipinski definition) is 2. The Hall–Kier alpha value is -1.02. The van der Waals surface area contributed by atoms with Gasteiger partial charge in [-0.15, -0.1) is 0 Å². The molecular weight excluding hydrogens is 220 g/mol. The summed E-state index contributed by atoms with van der Waals surface area (Å²) in [5, 5.41) is 3.60. The van der Waals surface area contributed by atoms with E-state index in [1.54, 1.807) is 0 Å². The van der Waals surface area contributed by atoms with Crippen LogP contribution in [0.5, 0.6) is 0 Å². The van der Waals surface area contributed by atoms with Crippen LogP contribution in [0, 0.1) is 0 Å². The zero-order valence-electron chi connectivity index (χ0n) is 12.4. The molecule has 0 heterocycles. The Labute approximate surface area is 112 Å². The van der Waals surface area contributed by atoms with Gasteiger partial charge < -0.3 is 10.2 Å². The molecule has 1 aromatic rings. The van der Waals surface area contributed by atoms with Crippen molar-refractivity contribution >= 4 is 5.69 Å². The highest BCUT2D eigenvalue weighted by Crippen LogP contribution is 2.13. The van der Waals surface area contributed by atoms with Gasteiger partial charge in [0.15, 0.2) is 0 Å². The fourth-order valence-electron chi connectivity index (χ4n) is 2.13. The van der Waals surface area contributed by atoms with E-state index in [0.29, 0.717) is 6.04 Å². The minimum atomic E-state index is 0.667. The van der Waals surface area contributed by atoms with Crippen molar-refractivity contribution < 1.29 is 0 Å². The molecule has 18 heavy (non-hydrogen) atoms. The van der Waals surface area contributed by atoms with Gasteiger partial charge in [0.05, 0.1) is 0 Å². The molecule has 1 rings (SSSR count). The molecule has 2 heteroatoms. The molecule has 0 saturated carbocycles. The van der Waals surface area contributed by atoms with E-state index in [1.165, 1.54) is 24.1 Å². The van der Waals surface area contributed by atoms with Gasteiger partial charge in [0, 0.05) is 31.9 Å². The van der Waals surface area contributed by atoms with Crippen LogP contribution in [-0.2, 0) is 6.42 Å². The van der Waals surface area contributed by atoms with Crippen LogP contribution in [0.25, 0.3) is 0 Å². The monoisotopic (exact) mass is 248 g/mol. The minimum absolute atomic E-state index is 0.667. The number of hydrogen-bond donors (Lipinski definition) is 1. The SMILES string of the molecule is CCc1ccc(N(C)CCNC(CC)CC)cc1. The average Bonchev–Trinajstić information content (AvgIpc) is 2.43. The summed E-state index contributed by atoms with van der Waals surface area (Å²) in [5.74, 6) is 0. The first kappa shape index (κ1) is 15.0. The van der Waals surface area contributed by atoms with Gasteiger partial charge in [-0.3, -0.25) is 0 Å². The Morgan fingerprint density at radius 1 is 1.06 bits per heavy atom. The van der Waals surface area contributed by atoms with Crippen molar-refractivity contribution in [3.8, 4) is 0 Å². The molecule has 0 fully saturated rings. The summed E-state index contributed by atoms with van der Waals surface area (Å²) in [4.78, 5) is 2.31. The molecule has 0 saturated heterocycles. The molecule has 0 aromatic heterocycles. The van der Waals surface area contributed by atoms with Crippen LogP contribution in [0.1, 0.15) is 39.2 Å². The van der Waals surface area contributed by atoms with E-state index in [1.807, 2.05) is 0 Å². The van der Waals surface area contributed by atoms with Gasteiger partial charge >= 0.3 is 0 Å². The molecule has 0 radical (unpaired) electrons. The van der Waals surface area contributed by atoms with Crippen molar-refractivity contribution in [3.05, 3.63) is 29.8 Å². The Kier molecular flexibility index (Phi) is 6.81. The van der Waals surface area contributed by atoms with Crippen molar-refractivity contribution in [2.45, 2.75) is 46.1 Å².